The summed E-state index contributed by atoms with van der Waals surface area (Å²) in [6.45, 7) is 8.57. The van der Waals surface area contributed by atoms with E-state index in [2.05, 4.69) is 16.9 Å². The molecule has 0 spiro atoms. The molecule has 0 bridgehead atoms. The van der Waals surface area contributed by atoms with Crippen molar-refractivity contribution in [2.45, 2.75) is 39.7 Å². The van der Waals surface area contributed by atoms with Crippen molar-refractivity contribution in [3.8, 4) is 6.07 Å². The molecule has 0 saturated carbocycles. The summed E-state index contributed by atoms with van der Waals surface area (Å²) in [7, 11) is 0. The van der Waals surface area contributed by atoms with E-state index < -0.39 is 5.60 Å². The Labute approximate surface area is 108 Å². The van der Waals surface area contributed by atoms with Crippen LogP contribution in [0.1, 0.15) is 38.6 Å². The number of aryl methyl sites for hydroxylation is 1. The summed E-state index contributed by atoms with van der Waals surface area (Å²) in [6.07, 6.45) is 0.926. The molecule has 1 aromatic heterocycles. The normalized spacial score (nSPS) is 11.1. The first-order chi connectivity index (χ1) is 8.35. The second-order valence-corrected chi connectivity index (χ2v) is 5.04. The van der Waals surface area contributed by atoms with Crippen LogP contribution in [-0.4, -0.2) is 33.8 Å². The van der Waals surface area contributed by atoms with Crippen LogP contribution in [-0.2, 0) is 0 Å². The van der Waals surface area contributed by atoms with Crippen LogP contribution >= 0.6 is 0 Å². The van der Waals surface area contributed by atoms with E-state index in [4.69, 9.17) is 5.26 Å². The number of anilines is 1. The first kappa shape index (κ1) is 14.4. The molecule has 0 unspecified atom stereocenters. The molecule has 98 valence electrons. The number of aliphatic hydroxyl groups is 1. The monoisotopic (exact) mass is 248 g/mol. The predicted molar refractivity (Wildman–Crippen MR) is 70.3 cm³/mol. The van der Waals surface area contributed by atoms with Crippen LogP contribution in [0.2, 0.25) is 0 Å². The molecule has 5 nitrogen and oxygen atoms in total. The van der Waals surface area contributed by atoms with E-state index in [0.717, 1.165) is 18.7 Å². The van der Waals surface area contributed by atoms with Crippen LogP contribution < -0.4 is 4.90 Å². The van der Waals surface area contributed by atoms with Crippen LogP contribution in [0.3, 0.4) is 0 Å². The molecule has 5 heteroatoms. The van der Waals surface area contributed by atoms with E-state index in [1.165, 1.54) is 0 Å². The molecule has 1 N–H and O–H groups in total. The summed E-state index contributed by atoms with van der Waals surface area (Å²) >= 11 is 0. The quantitative estimate of drug-likeness (QED) is 0.857. The fraction of sp³-hybridized carbons (Fsp3) is 0.615. The number of nitriles is 1. The van der Waals surface area contributed by atoms with E-state index in [9.17, 15) is 5.11 Å². The summed E-state index contributed by atoms with van der Waals surface area (Å²) in [6, 6.07) is 3.68. The minimum atomic E-state index is -0.824. The number of hydrogen-bond donors (Lipinski definition) is 1. The van der Waals surface area contributed by atoms with Crippen LogP contribution in [0.4, 0.5) is 5.95 Å². The molecule has 0 aliphatic rings. The van der Waals surface area contributed by atoms with Crippen LogP contribution in [0, 0.1) is 18.3 Å². The Morgan fingerprint density at radius 1 is 1.44 bits per heavy atom. The lowest BCUT2D eigenvalue weighted by Crippen LogP contribution is -2.40. The molecule has 18 heavy (non-hydrogen) atoms. The Hall–Kier alpha value is -1.67. The second kappa shape index (κ2) is 5.78. The average Bonchev–Trinajstić information content (AvgIpc) is 2.26. The van der Waals surface area contributed by atoms with Gasteiger partial charge in [0.2, 0.25) is 5.95 Å². The Morgan fingerprint density at radius 2 is 2.11 bits per heavy atom. The van der Waals surface area contributed by atoms with Gasteiger partial charge in [0, 0.05) is 18.8 Å². The number of rotatable bonds is 5. The summed E-state index contributed by atoms with van der Waals surface area (Å²) in [5, 5.41) is 18.8. The summed E-state index contributed by atoms with van der Waals surface area (Å²) in [5.74, 6) is 0.510. The van der Waals surface area contributed by atoms with Crippen LogP contribution in [0.25, 0.3) is 0 Å². The van der Waals surface area contributed by atoms with Gasteiger partial charge in [-0.1, -0.05) is 6.92 Å². The Kier molecular flexibility index (Phi) is 4.62. The SMILES string of the molecule is CCCN(CC(C)(C)O)c1nc(C)cc(C#N)n1. The molecule has 0 aliphatic heterocycles. The van der Waals surface area contributed by atoms with E-state index in [1.807, 2.05) is 17.9 Å². The van der Waals surface area contributed by atoms with Crippen molar-refractivity contribution in [2.75, 3.05) is 18.0 Å². The highest BCUT2D eigenvalue weighted by Crippen LogP contribution is 2.14. The van der Waals surface area contributed by atoms with Crippen molar-refractivity contribution in [3.05, 3.63) is 17.5 Å². The predicted octanol–water partition coefficient (Wildman–Crippen LogP) is 1.64. The van der Waals surface area contributed by atoms with Gasteiger partial charge in [0.05, 0.1) is 5.60 Å². The van der Waals surface area contributed by atoms with Gasteiger partial charge in [0.1, 0.15) is 11.8 Å². The molecule has 0 fully saturated rings. The standard InChI is InChI=1S/C13H20N4O/c1-5-6-17(9-13(3,4)18)12-15-10(2)7-11(8-14)16-12/h7,18H,5-6,9H2,1-4H3. The molecule has 0 amide bonds. The maximum absolute atomic E-state index is 9.91. The van der Waals surface area contributed by atoms with Crippen molar-refractivity contribution < 1.29 is 5.11 Å². The van der Waals surface area contributed by atoms with Crippen molar-refractivity contribution in [1.82, 2.24) is 9.97 Å². The van der Waals surface area contributed by atoms with Gasteiger partial charge < -0.3 is 10.0 Å². The number of aromatic nitrogens is 2. The molecule has 0 saturated heterocycles. The minimum absolute atomic E-state index is 0.356. The van der Waals surface area contributed by atoms with Gasteiger partial charge in [0.15, 0.2) is 0 Å². The molecule has 0 aliphatic carbocycles. The highest BCUT2D eigenvalue weighted by molar-refractivity contribution is 5.36. The maximum atomic E-state index is 9.91. The molecule has 1 heterocycles. The van der Waals surface area contributed by atoms with Crippen LogP contribution in [0.15, 0.2) is 6.07 Å². The highest BCUT2D eigenvalue weighted by atomic mass is 16.3. The largest absolute Gasteiger partial charge is 0.389 e. The summed E-state index contributed by atoms with van der Waals surface area (Å²) < 4.78 is 0. The maximum Gasteiger partial charge on any atom is 0.226 e. The lowest BCUT2D eigenvalue weighted by Gasteiger charge is -2.29. The van der Waals surface area contributed by atoms with Gasteiger partial charge in [-0.2, -0.15) is 5.26 Å². The number of hydrogen-bond acceptors (Lipinski definition) is 5. The van der Waals surface area contributed by atoms with Gasteiger partial charge >= 0.3 is 0 Å². The lowest BCUT2D eigenvalue weighted by atomic mass is 10.1. The molecule has 0 aromatic carbocycles. The molecule has 1 aromatic rings. The molecule has 0 atom stereocenters. The fourth-order valence-electron chi connectivity index (χ4n) is 1.74. The van der Waals surface area contributed by atoms with E-state index >= 15 is 0 Å². The molecular formula is C13H20N4O. The Balaban J connectivity index is 3.05. The van der Waals surface area contributed by atoms with Gasteiger partial charge in [-0.05, 0) is 33.3 Å². The third-order valence-electron chi connectivity index (χ3n) is 2.31. The zero-order valence-corrected chi connectivity index (χ0v) is 11.4. The first-order valence-corrected chi connectivity index (χ1v) is 6.09. The van der Waals surface area contributed by atoms with Gasteiger partial charge in [-0.15, -0.1) is 0 Å². The van der Waals surface area contributed by atoms with Crippen molar-refractivity contribution in [2.24, 2.45) is 0 Å². The lowest BCUT2D eigenvalue weighted by molar-refractivity contribution is 0.0869. The second-order valence-electron chi connectivity index (χ2n) is 5.04. The van der Waals surface area contributed by atoms with Gasteiger partial charge in [-0.3, -0.25) is 0 Å². The van der Waals surface area contributed by atoms with Crippen molar-refractivity contribution in [3.63, 3.8) is 0 Å². The third-order valence-corrected chi connectivity index (χ3v) is 2.31. The van der Waals surface area contributed by atoms with Crippen molar-refractivity contribution >= 4 is 5.95 Å². The van der Waals surface area contributed by atoms with Crippen molar-refractivity contribution in [1.29, 1.82) is 5.26 Å². The summed E-state index contributed by atoms with van der Waals surface area (Å²) in [5.41, 5.74) is 0.289. The van der Waals surface area contributed by atoms with Gasteiger partial charge in [0.25, 0.3) is 0 Å². The third kappa shape index (κ3) is 4.30. The summed E-state index contributed by atoms with van der Waals surface area (Å²) in [4.78, 5) is 10.4. The van der Waals surface area contributed by atoms with E-state index in [-0.39, 0.29) is 0 Å². The smallest absolute Gasteiger partial charge is 0.226 e. The van der Waals surface area contributed by atoms with Crippen LogP contribution in [0.5, 0.6) is 0 Å². The average molecular weight is 248 g/mol. The Bertz CT molecular complexity index is 445. The van der Waals surface area contributed by atoms with Gasteiger partial charge in [-0.25, -0.2) is 9.97 Å². The first-order valence-electron chi connectivity index (χ1n) is 6.09. The number of nitrogens with zero attached hydrogens (tertiary/aromatic N) is 4. The van der Waals surface area contributed by atoms with E-state index in [1.54, 1.807) is 19.9 Å². The zero-order chi connectivity index (χ0) is 13.8. The van der Waals surface area contributed by atoms with E-state index in [0.29, 0.717) is 18.2 Å². The minimum Gasteiger partial charge on any atom is -0.389 e. The zero-order valence-electron chi connectivity index (χ0n) is 11.4. The topological polar surface area (TPSA) is 73.0 Å². The molecule has 1 rings (SSSR count). The Morgan fingerprint density at radius 3 is 2.61 bits per heavy atom. The molecular weight excluding hydrogens is 228 g/mol. The fourth-order valence-corrected chi connectivity index (χ4v) is 1.74. The highest BCUT2D eigenvalue weighted by Gasteiger charge is 2.20. The molecule has 0 radical (unpaired) electrons.